The molecule has 0 N–H and O–H groups in total. The summed E-state index contributed by atoms with van der Waals surface area (Å²) in [5.41, 5.74) is 0.933. The van der Waals surface area contributed by atoms with Gasteiger partial charge in [0.25, 0.3) is 0 Å². The second-order valence-corrected chi connectivity index (χ2v) is 5.67. The highest BCUT2D eigenvalue weighted by molar-refractivity contribution is 6.33. The monoisotopic (exact) mass is 288 g/mol. The predicted octanol–water partition coefficient (Wildman–Crippen LogP) is 4.83. The van der Waals surface area contributed by atoms with Crippen LogP contribution in [-0.4, -0.2) is 13.2 Å². The van der Waals surface area contributed by atoms with Crippen molar-refractivity contribution in [2.24, 2.45) is 5.92 Å². The fourth-order valence-electron chi connectivity index (χ4n) is 1.97. The van der Waals surface area contributed by atoms with Crippen LogP contribution in [0.15, 0.2) is 12.1 Å². The highest BCUT2D eigenvalue weighted by Crippen LogP contribution is 2.41. The van der Waals surface area contributed by atoms with E-state index in [-0.39, 0.29) is 5.38 Å². The molecule has 0 aromatic heterocycles. The zero-order valence-corrected chi connectivity index (χ0v) is 12.2. The van der Waals surface area contributed by atoms with Gasteiger partial charge in [-0.15, -0.1) is 11.6 Å². The van der Waals surface area contributed by atoms with Crippen molar-refractivity contribution in [1.29, 1.82) is 0 Å². The molecule has 0 saturated carbocycles. The molecule has 100 valence electrons. The second-order valence-electron chi connectivity index (χ2n) is 4.73. The third-order valence-electron chi connectivity index (χ3n) is 3.31. The molecule has 0 amide bonds. The lowest BCUT2D eigenvalue weighted by atomic mass is 9.98. The van der Waals surface area contributed by atoms with Crippen LogP contribution in [0, 0.1) is 5.92 Å². The molecular formula is C14H18Cl2O2. The van der Waals surface area contributed by atoms with Crippen LogP contribution in [0.2, 0.25) is 5.02 Å². The molecule has 1 aliphatic heterocycles. The summed E-state index contributed by atoms with van der Waals surface area (Å²) >= 11 is 12.7. The van der Waals surface area contributed by atoms with E-state index < -0.39 is 0 Å². The maximum absolute atomic E-state index is 6.45. The average molecular weight is 289 g/mol. The number of hydrogen-bond acceptors (Lipinski definition) is 2. The largest absolute Gasteiger partial charge is 0.486 e. The fourth-order valence-corrected chi connectivity index (χ4v) is 2.79. The Morgan fingerprint density at radius 2 is 1.83 bits per heavy atom. The van der Waals surface area contributed by atoms with Crippen molar-refractivity contribution in [3.05, 3.63) is 22.7 Å². The van der Waals surface area contributed by atoms with Gasteiger partial charge in [-0.2, -0.15) is 0 Å². The van der Waals surface area contributed by atoms with Crippen molar-refractivity contribution in [1.82, 2.24) is 0 Å². The van der Waals surface area contributed by atoms with Crippen LogP contribution in [0.25, 0.3) is 0 Å². The maximum Gasteiger partial charge on any atom is 0.162 e. The van der Waals surface area contributed by atoms with E-state index in [1.54, 1.807) is 6.07 Å². The van der Waals surface area contributed by atoms with E-state index in [4.69, 9.17) is 32.7 Å². The number of benzene rings is 1. The fraction of sp³-hybridized carbons (Fsp3) is 0.571. The van der Waals surface area contributed by atoms with Crippen LogP contribution in [0.4, 0.5) is 0 Å². The summed E-state index contributed by atoms with van der Waals surface area (Å²) in [6.45, 7) is 5.51. The van der Waals surface area contributed by atoms with E-state index in [9.17, 15) is 0 Å². The smallest absolute Gasteiger partial charge is 0.162 e. The molecule has 2 nitrogen and oxygen atoms in total. The second kappa shape index (κ2) is 6.03. The molecule has 18 heavy (non-hydrogen) atoms. The average Bonchev–Trinajstić information content (AvgIpc) is 2.37. The topological polar surface area (TPSA) is 18.5 Å². The SMILES string of the molecule is CCC(C)CC(Cl)c1cc2c(cc1Cl)OCCO2. The number of rotatable bonds is 4. The molecule has 0 spiro atoms. The van der Waals surface area contributed by atoms with Crippen LogP contribution in [-0.2, 0) is 0 Å². The first-order chi connectivity index (χ1) is 8.61. The van der Waals surface area contributed by atoms with E-state index in [0.29, 0.717) is 29.9 Å². The Morgan fingerprint density at radius 3 is 2.44 bits per heavy atom. The van der Waals surface area contributed by atoms with E-state index in [2.05, 4.69) is 13.8 Å². The molecule has 0 saturated heterocycles. The van der Waals surface area contributed by atoms with Crippen molar-refractivity contribution in [2.75, 3.05) is 13.2 Å². The van der Waals surface area contributed by atoms with Gasteiger partial charge in [-0.3, -0.25) is 0 Å². The van der Waals surface area contributed by atoms with Gasteiger partial charge in [0.15, 0.2) is 11.5 Å². The standard InChI is InChI=1S/C14H18Cl2O2/c1-3-9(2)6-11(15)10-7-13-14(8-12(10)16)18-5-4-17-13/h7-9,11H,3-6H2,1-2H3. The molecule has 2 unspecified atom stereocenters. The molecule has 0 aliphatic carbocycles. The van der Waals surface area contributed by atoms with Gasteiger partial charge in [-0.25, -0.2) is 0 Å². The first kappa shape index (κ1) is 13.8. The van der Waals surface area contributed by atoms with E-state index in [0.717, 1.165) is 24.2 Å². The van der Waals surface area contributed by atoms with Crippen molar-refractivity contribution < 1.29 is 9.47 Å². The van der Waals surface area contributed by atoms with E-state index in [1.807, 2.05) is 6.07 Å². The lowest BCUT2D eigenvalue weighted by Gasteiger charge is -2.22. The van der Waals surface area contributed by atoms with Crippen LogP contribution in [0.3, 0.4) is 0 Å². The van der Waals surface area contributed by atoms with Crippen molar-refractivity contribution >= 4 is 23.2 Å². The molecule has 2 rings (SSSR count). The minimum absolute atomic E-state index is 0.0803. The summed E-state index contributed by atoms with van der Waals surface area (Å²) in [7, 11) is 0. The zero-order chi connectivity index (χ0) is 13.1. The van der Waals surface area contributed by atoms with Crippen molar-refractivity contribution in [3.8, 4) is 11.5 Å². The zero-order valence-electron chi connectivity index (χ0n) is 10.7. The lowest BCUT2D eigenvalue weighted by molar-refractivity contribution is 0.171. The van der Waals surface area contributed by atoms with Gasteiger partial charge in [-0.05, 0) is 24.0 Å². The first-order valence-electron chi connectivity index (χ1n) is 6.35. The lowest BCUT2D eigenvalue weighted by Crippen LogP contribution is -2.15. The predicted molar refractivity (Wildman–Crippen MR) is 75.1 cm³/mol. The summed E-state index contributed by atoms with van der Waals surface area (Å²) in [4.78, 5) is 0. The summed E-state index contributed by atoms with van der Waals surface area (Å²) in [5, 5.41) is 0.575. The Balaban J connectivity index is 2.22. The first-order valence-corrected chi connectivity index (χ1v) is 7.16. The molecule has 2 atom stereocenters. The van der Waals surface area contributed by atoms with Crippen molar-refractivity contribution in [2.45, 2.75) is 32.1 Å². The number of alkyl halides is 1. The van der Waals surface area contributed by atoms with Gasteiger partial charge in [0.2, 0.25) is 0 Å². The van der Waals surface area contributed by atoms with Crippen LogP contribution in [0.5, 0.6) is 11.5 Å². The maximum atomic E-state index is 6.45. The van der Waals surface area contributed by atoms with Crippen molar-refractivity contribution in [3.63, 3.8) is 0 Å². The third-order valence-corrected chi connectivity index (χ3v) is 4.05. The molecule has 1 heterocycles. The highest BCUT2D eigenvalue weighted by atomic mass is 35.5. The van der Waals surface area contributed by atoms with Gasteiger partial charge < -0.3 is 9.47 Å². The van der Waals surface area contributed by atoms with Gasteiger partial charge in [0.1, 0.15) is 13.2 Å². The van der Waals surface area contributed by atoms with Gasteiger partial charge in [0, 0.05) is 11.1 Å². The molecule has 1 aromatic carbocycles. The Labute approximate surface area is 118 Å². The van der Waals surface area contributed by atoms with Gasteiger partial charge >= 0.3 is 0 Å². The van der Waals surface area contributed by atoms with Gasteiger partial charge in [0.05, 0.1) is 5.38 Å². The van der Waals surface area contributed by atoms with Gasteiger partial charge in [-0.1, -0.05) is 31.9 Å². The Kier molecular flexibility index (Phi) is 4.63. The number of fused-ring (bicyclic) bond motifs is 1. The summed E-state index contributed by atoms with van der Waals surface area (Å²) in [6, 6.07) is 3.72. The summed E-state index contributed by atoms with van der Waals surface area (Å²) < 4.78 is 11.0. The Hall–Kier alpha value is -0.600. The Morgan fingerprint density at radius 1 is 1.22 bits per heavy atom. The van der Waals surface area contributed by atoms with E-state index >= 15 is 0 Å². The Bertz CT molecular complexity index is 421. The molecule has 0 bridgehead atoms. The molecule has 0 radical (unpaired) electrons. The molecule has 1 aliphatic rings. The van der Waals surface area contributed by atoms with Crippen LogP contribution in [0.1, 0.15) is 37.6 Å². The summed E-state index contributed by atoms with van der Waals surface area (Å²) in [6.07, 6.45) is 2.03. The number of halogens is 2. The summed E-state index contributed by atoms with van der Waals surface area (Å²) in [5.74, 6) is 2.04. The van der Waals surface area contributed by atoms with Crippen LogP contribution >= 0.6 is 23.2 Å². The minimum Gasteiger partial charge on any atom is -0.486 e. The normalized spacial score (nSPS) is 17.3. The van der Waals surface area contributed by atoms with Crippen LogP contribution < -0.4 is 9.47 Å². The van der Waals surface area contributed by atoms with E-state index in [1.165, 1.54) is 0 Å². The molecular weight excluding hydrogens is 271 g/mol. The number of hydrogen-bond donors (Lipinski definition) is 0. The third kappa shape index (κ3) is 3.04. The minimum atomic E-state index is -0.0803. The quantitative estimate of drug-likeness (QED) is 0.739. The molecule has 1 aromatic rings. The molecule has 0 fully saturated rings. The number of ether oxygens (including phenoxy) is 2. The highest BCUT2D eigenvalue weighted by Gasteiger charge is 2.20. The molecule has 4 heteroatoms.